The quantitative estimate of drug-likeness (QED) is 0.0985. The lowest BCUT2D eigenvalue weighted by molar-refractivity contribution is 0.0576. The highest BCUT2D eigenvalue weighted by Crippen LogP contribution is 2.42. The van der Waals surface area contributed by atoms with E-state index in [1.807, 2.05) is 63.2 Å². The van der Waals surface area contributed by atoms with Crippen molar-refractivity contribution in [1.29, 1.82) is 0 Å². The molecule has 1 heterocycles. The van der Waals surface area contributed by atoms with Crippen molar-refractivity contribution < 1.29 is 19.2 Å². The molecule has 1 atom stereocenters. The molecule has 2 aromatic carbocycles. The molecule has 0 radical (unpaired) electrons. The number of rotatable bonds is 8. The summed E-state index contributed by atoms with van der Waals surface area (Å²) in [5, 5.41) is 12.0. The van der Waals surface area contributed by atoms with Crippen LogP contribution in [0.1, 0.15) is 69.9 Å². The van der Waals surface area contributed by atoms with Gasteiger partial charge < -0.3 is 20.1 Å². The molecule has 0 aliphatic heterocycles. The van der Waals surface area contributed by atoms with Crippen LogP contribution in [0, 0.1) is 0 Å². The van der Waals surface area contributed by atoms with Crippen LogP contribution in [0.2, 0.25) is 18.1 Å². The number of oxime groups is 1. The van der Waals surface area contributed by atoms with Crippen molar-refractivity contribution in [2.75, 3.05) is 4.90 Å². The number of aromatic nitrogens is 1. The number of hydrogen-bond donors (Lipinski definition) is 2. The van der Waals surface area contributed by atoms with Gasteiger partial charge in [0.05, 0.1) is 12.6 Å². The van der Waals surface area contributed by atoms with Crippen LogP contribution in [0.3, 0.4) is 0 Å². The third-order valence-electron chi connectivity index (χ3n) is 6.98. The fourth-order valence-electron chi connectivity index (χ4n) is 3.75. The molecule has 0 bridgehead atoms. The van der Waals surface area contributed by atoms with Gasteiger partial charge in [0.25, 0.3) is 0 Å². The molecule has 8 nitrogen and oxygen atoms in total. The lowest BCUT2D eigenvalue weighted by atomic mass is 10.0. The van der Waals surface area contributed by atoms with Gasteiger partial charge in [-0.1, -0.05) is 80.5 Å². The predicted molar refractivity (Wildman–Crippen MR) is 162 cm³/mol. The standard InChI is InChI=1S/C31H42N4O4Si/c1-30(2,3)38-29(36)35(21-22-14-16-24(17-15-22)28(32)34-37)26-20-25(18-19-33-26)27(23-12-10-9-11-13-23)39-40(7,8)31(4,5)6/h9-20,27,37H,21H2,1-8H3,(H2,32,34). The summed E-state index contributed by atoms with van der Waals surface area (Å²) >= 11 is 0. The molecule has 0 saturated heterocycles. The molecule has 214 valence electrons. The molecular weight excluding hydrogens is 520 g/mol. The summed E-state index contributed by atoms with van der Waals surface area (Å²) in [6, 6.07) is 21.1. The first-order chi connectivity index (χ1) is 18.6. The van der Waals surface area contributed by atoms with Gasteiger partial charge in [0.15, 0.2) is 14.2 Å². The molecule has 3 rings (SSSR count). The number of anilines is 1. The second-order valence-corrected chi connectivity index (χ2v) is 17.1. The fraction of sp³-hybridized carbons (Fsp3) is 0.387. The number of carbonyl (C=O) groups excluding carboxylic acids is 1. The number of benzene rings is 2. The molecule has 0 aliphatic rings. The topological polar surface area (TPSA) is 110 Å². The third kappa shape index (κ3) is 7.92. The maximum atomic E-state index is 13.5. The van der Waals surface area contributed by atoms with E-state index >= 15 is 0 Å². The molecule has 1 amide bonds. The number of carbonyl (C=O) groups is 1. The minimum atomic E-state index is -2.17. The Balaban J connectivity index is 2.05. The van der Waals surface area contributed by atoms with Gasteiger partial charge in [-0.25, -0.2) is 9.78 Å². The Morgan fingerprint density at radius 1 is 1.00 bits per heavy atom. The zero-order valence-electron chi connectivity index (χ0n) is 24.8. The highest BCUT2D eigenvalue weighted by atomic mass is 28.4. The lowest BCUT2D eigenvalue weighted by Crippen LogP contribution is -2.42. The molecule has 0 fully saturated rings. The summed E-state index contributed by atoms with van der Waals surface area (Å²) in [6.07, 6.45) is 0.859. The van der Waals surface area contributed by atoms with E-state index in [-0.39, 0.29) is 23.5 Å². The summed E-state index contributed by atoms with van der Waals surface area (Å²) in [4.78, 5) is 19.6. The van der Waals surface area contributed by atoms with Crippen LogP contribution < -0.4 is 10.6 Å². The second kappa shape index (κ2) is 12.2. The van der Waals surface area contributed by atoms with Crippen molar-refractivity contribution in [3.8, 4) is 0 Å². The highest BCUT2D eigenvalue weighted by molar-refractivity contribution is 6.74. The number of amidine groups is 1. The van der Waals surface area contributed by atoms with E-state index in [1.54, 1.807) is 18.3 Å². The molecule has 1 aromatic heterocycles. The average Bonchev–Trinajstić information content (AvgIpc) is 2.89. The molecular formula is C31H42N4O4Si. The van der Waals surface area contributed by atoms with E-state index in [2.05, 4.69) is 56.1 Å². The van der Waals surface area contributed by atoms with Gasteiger partial charge in [0, 0.05) is 11.8 Å². The minimum absolute atomic E-state index is 0.00866. The van der Waals surface area contributed by atoms with Gasteiger partial charge >= 0.3 is 6.09 Å². The van der Waals surface area contributed by atoms with E-state index in [0.717, 1.165) is 16.7 Å². The first kappa shape index (κ1) is 30.8. The van der Waals surface area contributed by atoms with Gasteiger partial charge in [-0.3, -0.25) is 4.90 Å². The molecule has 9 heteroatoms. The summed E-state index contributed by atoms with van der Waals surface area (Å²) in [5.74, 6) is 0.464. The Labute approximate surface area is 239 Å². The van der Waals surface area contributed by atoms with E-state index in [1.165, 1.54) is 4.90 Å². The minimum Gasteiger partial charge on any atom is -0.443 e. The largest absolute Gasteiger partial charge is 0.443 e. The van der Waals surface area contributed by atoms with E-state index in [0.29, 0.717) is 11.4 Å². The SMILES string of the molecule is CC(C)(C)OC(=O)N(Cc1ccc(/C(N)=N/O)cc1)c1cc(C(O[Si](C)(C)C(C)(C)C)c2ccccc2)ccn1. The Kier molecular flexibility index (Phi) is 9.42. The Bertz CT molecular complexity index is 1310. The van der Waals surface area contributed by atoms with Crippen LogP contribution in [0.5, 0.6) is 0 Å². The summed E-state index contributed by atoms with van der Waals surface area (Å²) in [7, 11) is -2.17. The van der Waals surface area contributed by atoms with Gasteiger partial charge in [-0.2, -0.15) is 0 Å². The Hall–Kier alpha value is -3.69. The number of amides is 1. The highest BCUT2D eigenvalue weighted by Gasteiger charge is 2.40. The van der Waals surface area contributed by atoms with E-state index in [9.17, 15) is 4.79 Å². The van der Waals surface area contributed by atoms with Crippen molar-refractivity contribution in [3.63, 3.8) is 0 Å². The lowest BCUT2D eigenvalue weighted by Gasteiger charge is -2.39. The van der Waals surface area contributed by atoms with Gasteiger partial charge in [-0.05, 0) is 67.7 Å². The van der Waals surface area contributed by atoms with Crippen molar-refractivity contribution in [1.82, 2.24) is 4.98 Å². The molecule has 3 N–H and O–H groups in total. The molecule has 1 unspecified atom stereocenters. The van der Waals surface area contributed by atoms with Crippen molar-refractivity contribution >= 4 is 26.1 Å². The second-order valence-electron chi connectivity index (χ2n) is 12.4. The summed E-state index contributed by atoms with van der Waals surface area (Å²) in [5.41, 5.74) is 8.35. The molecule has 0 spiro atoms. The van der Waals surface area contributed by atoms with Crippen LogP contribution in [-0.4, -0.2) is 36.0 Å². The fourth-order valence-corrected chi connectivity index (χ4v) is 4.96. The zero-order valence-corrected chi connectivity index (χ0v) is 25.8. The van der Waals surface area contributed by atoms with Crippen molar-refractivity contribution in [3.05, 3.63) is 95.2 Å². The van der Waals surface area contributed by atoms with Crippen molar-refractivity contribution in [2.24, 2.45) is 10.9 Å². The maximum absolute atomic E-state index is 13.5. The average molecular weight is 563 g/mol. The van der Waals surface area contributed by atoms with Gasteiger partial charge in [0.1, 0.15) is 11.4 Å². The molecule has 3 aromatic rings. The Morgan fingerprint density at radius 2 is 1.62 bits per heavy atom. The maximum Gasteiger partial charge on any atom is 0.416 e. The monoisotopic (exact) mass is 562 g/mol. The number of nitrogens with two attached hydrogens (primary N) is 1. The normalized spacial score (nSPS) is 13.6. The number of pyridine rings is 1. The van der Waals surface area contributed by atoms with Crippen LogP contribution in [0.15, 0.2) is 78.1 Å². The summed E-state index contributed by atoms with van der Waals surface area (Å²) in [6.45, 7) is 16.8. The summed E-state index contributed by atoms with van der Waals surface area (Å²) < 4.78 is 12.7. The first-order valence-electron chi connectivity index (χ1n) is 13.4. The molecule has 40 heavy (non-hydrogen) atoms. The van der Waals surface area contributed by atoms with Crippen LogP contribution in [-0.2, 0) is 15.7 Å². The van der Waals surface area contributed by atoms with Gasteiger partial charge in [0.2, 0.25) is 0 Å². The van der Waals surface area contributed by atoms with Crippen molar-refractivity contribution in [2.45, 2.75) is 77.9 Å². The van der Waals surface area contributed by atoms with Crippen LogP contribution in [0.4, 0.5) is 10.6 Å². The number of hydrogen-bond acceptors (Lipinski definition) is 6. The van der Waals surface area contributed by atoms with Crippen LogP contribution >= 0.6 is 0 Å². The number of nitrogens with zero attached hydrogens (tertiary/aromatic N) is 3. The number of ether oxygens (including phenoxy) is 1. The zero-order chi connectivity index (χ0) is 29.7. The van der Waals surface area contributed by atoms with E-state index < -0.39 is 20.0 Å². The van der Waals surface area contributed by atoms with E-state index in [4.69, 9.17) is 20.1 Å². The predicted octanol–water partition coefficient (Wildman–Crippen LogP) is 7.23. The molecule has 0 aliphatic carbocycles. The first-order valence-corrected chi connectivity index (χ1v) is 16.3. The van der Waals surface area contributed by atoms with Crippen LogP contribution in [0.25, 0.3) is 0 Å². The molecule has 0 saturated carbocycles. The smallest absolute Gasteiger partial charge is 0.416 e. The third-order valence-corrected chi connectivity index (χ3v) is 11.4. The Morgan fingerprint density at radius 3 is 2.17 bits per heavy atom. The van der Waals surface area contributed by atoms with Gasteiger partial charge in [-0.15, -0.1) is 0 Å².